The fourth-order valence-electron chi connectivity index (χ4n) is 6.26. The van der Waals surface area contributed by atoms with Crippen molar-refractivity contribution in [1.82, 2.24) is 20.0 Å². The van der Waals surface area contributed by atoms with Gasteiger partial charge in [0.05, 0.1) is 17.3 Å². The molecule has 2 N–H and O–H groups in total. The summed E-state index contributed by atoms with van der Waals surface area (Å²) in [5, 5.41) is 17.1. The highest BCUT2D eigenvalue weighted by atomic mass is 19.1. The van der Waals surface area contributed by atoms with E-state index in [0.29, 0.717) is 44.1 Å². The van der Waals surface area contributed by atoms with Crippen molar-refractivity contribution in [2.45, 2.75) is 31.6 Å². The molecule has 3 heterocycles. The Hall–Kier alpha value is -2.92. The number of H-pyrrole nitrogens is 1. The molecule has 2 amide bonds. The van der Waals surface area contributed by atoms with Crippen LogP contribution in [0.5, 0.6) is 0 Å². The number of benzene rings is 1. The summed E-state index contributed by atoms with van der Waals surface area (Å²) in [5.41, 5.74) is 1.58. The number of aromatic amines is 1. The summed E-state index contributed by atoms with van der Waals surface area (Å²) in [6, 6.07) is 3.70. The number of aliphatic hydroxyl groups excluding tert-OH is 1. The van der Waals surface area contributed by atoms with Crippen molar-refractivity contribution in [3.8, 4) is 12.3 Å². The summed E-state index contributed by atoms with van der Waals surface area (Å²) >= 11 is 0. The van der Waals surface area contributed by atoms with Gasteiger partial charge < -0.3 is 14.9 Å². The Morgan fingerprint density at radius 3 is 2.70 bits per heavy atom. The van der Waals surface area contributed by atoms with Crippen molar-refractivity contribution in [2.24, 2.45) is 17.3 Å². The number of amides is 2. The predicted octanol–water partition coefficient (Wildman–Crippen LogP) is 3.11. The average molecular weight is 457 g/mol. The van der Waals surface area contributed by atoms with Gasteiger partial charge in [0, 0.05) is 51.6 Å². The molecule has 2 aliphatic heterocycles. The minimum Gasteiger partial charge on any atom is -0.396 e. The number of likely N-dealkylation sites (tertiary alicyclic amines) is 2. The third-order valence-electron chi connectivity index (χ3n) is 7.89. The molecular formula is C25H30F2N4O2. The molecule has 1 saturated carbocycles. The zero-order valence-corrected chi connectivity index (χ0v) is 18.7. The Kier molecular flexibility index (Phi) is 5.20. The molecule has 1 spiro atoms. The van der Waals surface area contributed by atoms with Crippen molar-refractivity contribution in [3.05, 3.63) is 52.9 Å². The third kappa shape index (κ3) is 3.50. The molecule has 5 rings (SSSR count). The molecule has 0 unspecified atom stereocenters. The zero-order valence-electron chi connectivity index (χ0n) is 18.7. The van der Waals surface area contributed by atoms with Crippen LogP contribution in [0.15, 0.2) is 24.4 Å². The van der Waals surface area contributed by atoms with Gasteiger partial charge in [-0.25, -0.2) is 13.6 Å². The van der Waals surface area contributed by atoms with E-state index in [4.69, 9.17) is 6.42 Å². The summed E-state index contributed by atoms with van der Waals surface area (Å²) in [6.45, 7) is 3.90. The number of nitrogens with one attached hydrogen (secondary N) is 1. The Morgan fingerprint density at radius 2 is 2.09 bits per heavy atom. The van der Waals surface area contributed by atoms with Crippen LogP contribution in [-0.2, 0) is 11.8 Å². The number of nitrogens with zero attached hydrogens (tertiary/aromatic N) is 3. The molecular weight excluding hydrogens is 426 g/mol. The van der Waals surface area contributed by atoms with Crippen LogP contribution < -0.4 is 0 Å². The van der Waals surface area contributed by atoms with Gasteiger partial charge in [0.25, 0.3) is 0 Å². The van der Waals surface area contributed by atoms with Crippen molar-refractivity contribution < 1.29 is 20.1 Å². The molecule has 0 bridgehead atoms. The first-order chi connectivity index (χ1) is 15.8. The summed E-state index contributed by atoms with van der Waals surface area (Å²) in [5.74, 6) is 1.90. The average Bonchev–Trinajstić information content (AvgIpc) is 3.33. The Morgan fingerprint density at radius 1 is 1.33 bits per heavy atom. The topological polar surface area (TPSA) is 72.5 Å². The number of aliphatic hydroxyl groups is 1. The van der Waals surface area contributed by atoms with Crippen LogP contribution in [0.1, 0.15) is 31.1 Å². The number of halogens is 2. The number of carbonyl (C=O) groups excluding carboxylic acids is 1. The van der Waals surface area contributed by atoms with Gasteiger partial charge in [-0.1, -0.05) is 12.0 Å². The van der Waals surface area contributed by atoms with E-state index in [0.717, 1.165) is 30.2 Å². The lowest BCUT2D eigenvalue weighted by molar-refractivity contribution is -0.0757. The van der Waals surface area contributed by atoms with Gasteiger partial charge in [-0.05, 0) is 49.3 Å². The van der Waals surface area contributed by atoms with Crippen molar-refractivity contribution in [1.29, 1.82) is 0 Å². The number of carbonyl (C=O) groups is 1. The van der Waals surface area contributed by atoms with Crippen LogP contribution in [0.3, 0.4) is 0 Å². The number of hydrogen-bond acceptors (Lipinski definition) is 3. The van der Waals surface area contributed by atoms with E-state index in [1.54, 1.807) is 11.1 Å². The largest absolute Gasteiger partial charge is 0.396 e. The van der Waals surface area contributed by atoms with E-state index < -0.39 is 17.0 Å². The van der Waals surface area contributed by atoms with E-state index in [-0.39, 0.29) is 25.4 Å². The summed E-state index contributed by atoms with van der Waals surface area (Å²) in [7, 11) is 0. The van der Waals surface area contributed by atoms with E-state index in [2.05, 4.69) is 16.1 Å². The lowest BCUT2D eigenvalue weighted by Gasteiger charge is -2.59. The molecule has 3 fully saturated rings. The highest BCUT2D eigenvalue weighted by molar-refractivity contribution is 5.76. The maximum absolute atomic E-state index is 13.9. The molecule has 1 aromatic heterocycles. The van der Waals surface area contributed by atoms with Crippen LogP contribution in [0.4, 0.5) is 13.6 Å². The highest BCUT2D eigenvalue weighted by Crippen LogP contribution is 2.53. The molecule has 2 atom stereocenters. The Balaban J connectivity index is 0.00000274. The number of hydrogen-bond donors (Lipinski definition) is 2. The number of terminal acetylenes is 1. The molecule has 2 saturated heterocycles. The molecule has 2 aromatic rings. The van der Waals surface area contributed by atoms with Crippen LogP contribution in [0.2, 0.25) is 0 Å². The predicted molar refractivity (Wildman–Crippen MR) is 120 cm³/mol. The Labute approximate surface area is 193 Å². The normalized spacial score (nSPS) is 26.2. The quantitative estimate of drug-likeness (QED) is 0.695. The first-order valence-corrected chi connectivity index (χ1v) is 11.4. The number of aromatic nitrogens is 2. The number of aryl methyl sites for hydroxylation is 1. The maximum atomic E-state index is 13.9. The minimum absolute atomic E-state index is 0. The second-order valence-electron chi connectivity index (χ2n) is 10.2. The monoisotopic (exact) mass is 456 g/mol. The van der Waals surface area contributed by atoms with Crippen molar-refractivity contribution >= 4 is 6.03 Å². The molecule has 1 aromatic carbocycles. The van der Waals surface area contributed by atoms with Crippen LogP contribution in [0, 0.1) is 48.2 Å². The number of rotatable bonds is 4. The van der Waals surface area contributed by atoms with Crippen LogP contribution in [0.25, 0.3) is 0 Å². The van der Waals surface area contributed by atoms with E-state index >= 15 is 0 Å². The van der Waals surface area contributed by atoms with Gasteiger partial charge in [-0.3, -0.25) is 5.10 Å². The van der Waals surface area contributed by atoms with Crippen LogP contribution in [-0.4, -0.2) is 63.9 Å². The molecule has 33 heavy (non-hydrogen) atoms. The maximum Gasteiger partial charge on any atom is 0.320 e. The fourth-order valence-corrected chi connectivity index (χ4v) is 6.26. The molecule has 176 valence electrons. The highest BCUT2D eigenvalue weighted by Gasteiger charge is 2.56. The molecule has 3 aliphatic rings. The third-order valence-corrected chi connectivity index (χ3v) is 7.89. The first kappa shape index (κ1) is 21.9. The molecule has 1 aliphatic carbocycles. The fraction of sp³-hybridized carbons (Fsp3) is 0.520. The van der Waals surface area contributed by atoms with Crippen molar-refractivity contribution in [3.63, 3.8) is 0 Å². The first-order valence-electron chi connectivity index (χ1n) is 11.4. The molecule has 0 radical (unpaired) electrons. The second kappa shape index (κ2) is 7.84. The van der Waals surface area contributed by atoms with E-state index in [1.807, 2.05) is 11.8 Å². The SMILES string of the molecule is C#C[C@]1(c2[nH]ncc2C)CN(C(=O)N2CC3(CC(Cc4ccc(F)cc4F)C3)C2)C[C@H]1CO.[HH]. The van der Waals surface area contributed by atoms with Gasteiger partial charge in [0.15, 0.2) is 0 Å². The lowest BCUT2D eigenvalue weighted by atomic mass is 9.56. The standard InChI is InChI=1S/C25H28F2N4O2.H2/c1-3-25(22-16(2)10-28-29-22)15-30(11-19(25)12-32)23(33)31-13-24(14-31)8-17(9-24)6-18-4-5-20(26)7-21(18)27;/h1,4-5,7,10,17,19,32H,6,8-9,11-15H2,2H3,(H,28,29);1H/t19-,25-;/m0./s1. The van der Waals surface area contributed by atoms with Gasteiger partial charge in [-0.15, -0.1) is 6.42 Å². The summed E-state index contributed by atoms with van der Waals surface area (Å²) < 4.78 is 27.1. The van der Waals surface area contributed by atoms with Crippen molar-refractivity contribution in [2.75, 3.05) is 32.8 Å². The zero-order chi connectivity index (χ0) is 23.4. The van der Waals surface area contributed by atoms with Gasteiger partial charge >= 0.3 is 6.03 Å². The van der Waals surface area contributed by atoms with Gasteiger partial charge in [0.2, 0.25) is 0 Å². The van der Waals surface area contributed by atoms with E-state index in [9.17, 15) is 18.7 Å². The summed E-state index contributed by atoms with van der Waals surface area (Å²) in [4.78, 5) is 16.8. The minimum atomic E-state index is -0.783. The second-order valence-corrected chi connectivity index (χ2v) is 10.2. The van der Waals surface area contributed by atoms with Gasteiger partial charge in [0.1, 0.15) is 11.6 Å². The molecule has 6 nitrogen and oxygen atoms in total. The molecule has 8 heteroatoms. The lowest BCUT2D eigenvalue weighted by Crippen LogP contribution is -2.65. The van der Waals surface area contributed by atoms with Crippen LogP contribution >= 0.6 is 0 Å². The smallest absolute Gasteiger partial charge is 0.320 e. The summed E-state index contributed by atoms with van der Waals surface area (Å²) in [6.07, 6.45) is 10.1. The van der Waals surface area contributed by atoms with Gasteiger partial charge in [-0.2, -0.15) is 5.10 Å². The van der Waals surface area contributed by atoms with E-state index in [1.165, 1.54) is 12.1 Å². The number of urea groups is 1. The Bertz CT molecular complexity index is 1120.